The molecule has 1 fully saturated rings. The smallest absolute Gasteiger partial charge is 0.274 e. The Labute approximate surface area is 164 Å². The lowest BCUT2D eigenvalue weighted by atomic mass is 9.95. The van der Waals surface area contributed by atoms with Gasteiger partial charge in [0.25, 0.3) is 11.8 Å². The largest absolute Gasteiger partial charge is 0.497 e. The van der Waals surface area contributed by atoms with E-state index in [1.54, 1.807) is 31.4 Å². The van der Waals surface area contributed by atoms with Gasteiger partial charge in [0.05, 0.1) is 19.9 Å². The number of ether oxygens (including phenoxy) is 2. The first-order valence-electron chi connectivity index (χ1n) is 9.41. The monoisotopic (exact) mass is 383 g/mol. The van der Waals surface area contributed by atoms with Crippen molar-refractivity contribution in [2.24, 2.45) is 0 Å². The second-order valence-corrected chi connectivity index (χ2v) is 6.76. The third-order valence-electron chi connectivity index (χ3n) is 4.85. The van der Waals surface area contributed by atoms with Crippen LogP contribution in [0.4, 0.5) is 5.69 Å². The first-order chi connectivity index (χ1) is 13.6. The van der Waals surface area contributed by atoms with E-state index in [0.717, 1.165) is 25.7 Å². The van der Waals surface area contributed by atoms with Gasteiger partial charge in [0.2, 0.25) is 0 Å². The number of nitrogens with zero attached hydrogens (tertiary/aromatic N) is 1. The minimum atomic E-state index is -0.432. The zero-order valence-electron chi connectivity index (χ0n) is 16.2. The van der Waals surface area contributed by atoms with Crippen LogP contribution in [-0.2, 0) is 0 Å². The Bertz CT molecular complexity index is 847. The minimum Gasteiger partial charge on any atom is -0.497 e. The molecule has 0 atom stereocenters. The first-order valence-corrected chi connectivity index (χ1v) is 9.41. The van der Waals surface area contributed by atoms with Crippen LogP contribution in [0, 0.1) is 0 Å². The molecule has 1 saturated carbocycles. The van der Waals surface area contributed by atoms with Gasteiger partial charge in [0.15, 0.2) is 0 Å². The molecule has 1 aliphatic rings. The van der Waals surface area contributed by atoms with Crippen molar-refractivity contribution >= 4 is 17.5 Å². The highest BCUT2D eigenvalue weighted by molar-refractivity contribution is 6.05. The van der Waals surface area contributed by atoms with E-state index in [4.69, 9.17) is 9.47 Å². The molecule has 0 radical (unpaired) electrons. The van der Waals surface area contributed by atoms with Crippen molar-refractivity contribution in [3.8, 4) is 11.5 Å². The van der Waals surface area contributed by atoms with Crippen LogP contribution in [0.2, 0.25) is 0 Å². The summed E-state index contributed by atoms with van der Waals surface area (Å²) in [6.07, 6.45) is 6.96. The van der Waals surface area contributed by atoms with Crippen molar-refractivity contribution in [3.05, 3.63) is 47.8 Å². The molecular formula is C21H25N3O4. The zero-order valence-corrected chi connectivity index (χ0v) is 16.2. The van der Waals surface area contributed by atoms with Crippen LogP contribution in [0.1, 0.15) is 53.0 Å². The van der Waals surface area contributed by atoms with E-state index in [1.165, 1.54) is 25.8 Å². The van der Waals surface area contributed by atoms with Crippen LogP contribution in [0.15, 0.2) is 36.5 Å². The summed E-state index contributed by atoms with van der Waals surface area (Å²) in [6.45, 7) is 0. The number of hydrogen-bond acceptors (Lipinski definition) is 5. The van der Waals surface area contributed by atoms with E-state index in [2.05, 4.69) is 15.6 Å². The second kappa shape index (κ2) is 9.21. The number of pyridine rings is 1. The summed E-state index contributed by atoms with van der Waals surface area (Å²) >= 11 is 0. The van der Waals surface area contributed by atoms with E-state index in [-0.39, 0.29) is 17.6 Å². The Morgan fingerprint density at radius 2 is 1.79 bits per heavy atom. The van der Waals surface area contributed by atoms with Gasteiger partial charge in [-0.05, 0) is 37.1 Å². The van der Waals surface area contributed by atoms with Gasteiger partial charge < -0.3 is 20.1 Å². The quantitative estimate of drug-likeness (QED) is 0.798. The summed E-state index contributed by atoms with van der Waals surface area (Å²) in [6, 6.07) is 8.42. The number of hydrogen-bond donors (Lipinski definition) is 2. The molecule has 2 amide bonds. The van der Waals surface area contributed by atoms with Crippen molar-refractivity contribution in [1.82, 2.24) is 10.3 Å². The zero-order chi connectivity index (χ0) is 19.9. The summed E-state index contributed by atoms with van der Waals surface area (Å²) < 4.78 is 10.5. The molecular weight excluding hydrogens is 358 g/mol. The fourth-order valence-electron chi connectivity index (χ4n) is 3.31. The van der Waals surface area contributed by atoms with Crippen LogP contribution in [0.25, 0.3) is 0 Å². The van der Waals surface area contributed by atoms with Gasteiger partial charge in [-0.3, -0.25) is 14.6 Å². The van der Waals surface area contributed by atoms with E-state index < -0.39 is 5.91 Å². The molecule has 0 unspecified atom stereocenters. The number of rotatable bonds is 6. The van der Waals surface area contributed by atoms with Crippen molar-refractivity contribution in [2.75, 3.05) is 19.5 Å². The number of benzene rings is 1. The number of amides is 2. The molecule has 148 valence electrons. The molecule has 0 bridgehead atoms. The maximum absolute atomic E-state index is 12.6. The summed E-state index contributed by atoms with van der Waals surface area (Å²) in [4.78, 5) is 29.3. The molecule has 7 nitrogen and oxygen atoms in total. The van der Waals surface area contributed by atoms with Crippen molar-refractivity contribution in [1.29, 1.82) is 0 Å². The molecule has 0 saturated heterocycles. The molecule has 0 spiro atoms. The Morgan fingerprint density at radius 3 is 2.50 bits per heavy atom. The summed E-state index contributed by atoms with van der Waals surface area (Å²) in [5.74, 6) is 0.478. The van der Waals surface area contributed by atoms with Crippen LogP contribution in [0.3, 0.4) is 0 Å². The van der Waals surface area contributed by atoms with Gasteiger partial charge in [0, 0.05) is 23.9 Å². The Morgan fingerprint density at radius 1 is 1.00 bits per heavy atom. The maximum atomic E-state index is 12.6. The van der Waals surface area contributed by atoms with Gasteiger partial charge in [-0.2, -0.15) is 0 Å². The molecule has 0 aliphatic heterocycles. The van der Waals surface area contributed by atoms with Gasteiger partial charge >= 0.3 is 0 Å². The predicted molar refractivity (Wildman–Crippen MR) is 106 cm³/mol. The summed E-state index contributed by atoms with van der Waals surface area (Å²) in [5.41, 5.74) is 1.04. The van der Waals surface area contributed by atoms with E-state index >= 15 is 0 Å². The van der Waals surface area contributed by atoms with Crippen molar-refractivity contribution < 1.29 is 19.1 Å². The highest BCUT2D eigenvalue weighted by Gasteiger charge is 2.18. The van der Waals surface area contributed by atoms with E-state index in [9.17, 15) is 9.59 Å². The summed E-state index contributed by atoms with van der Waals surface area (Å²) in [5, 5.41) is 5.81. The standard InChI is InChI=1S/C21H25N3O4/c1-27-16-8-9-19(28-2)17(13-16)24-21(26)18-12-14(10-11-22-18)20(25)23-15-6-4-3-5-7-15/h8-13,15H,3-7H2,1-2H3,(H,23,25)(H,24,26). The van der Waals surface area contributed by atoms with E-state index in [1.807, 2.05) is 0 Å². The third kappa shape index (κ3) is 4.79. The van der Waals surface area contributed by atoms with Gasteiger partial charge in [-0.15, -0.1) is 0 Å². The number of carbonyl (C=O) groups is 2. The van der Waals surface area contributed by atoms with Crippen molar-refractivity contribution in [3.63, 3.8) is 0 Å². The lowest BCUT2D eigenvalue weighted by molar-refractivity contribution is 0.0927. The van der Waals surface area contributed by atoms with Crippen LogP contribution in [0.5, 0.6) is 11.5 Å². The van der Waals surface area contributed by atoms with Gasteiger partial charge in [-0.25, -0.2) is 0 Å². The van der Waals surface area contributed by atoms with Crippen LogP contribution in [-0.4, -0.2) is 37.1 Å². The topological polar surface area (TPSA) is 89.5 Å². The number of methoxy groups -OCH3 is 2. The average molecular weight is 383 g/mol. The van der Waals surface area contributed by atoms with Crippen LogP contribution >= 0.6 is 0 Å². The van der Waals surface area contributed by atoms with Gasteiger partial charge in [-0.1, -0.05) is 19.3 Å². The molecule has 7 heteroatoms. The molecule has 2 aromatic rings. The molecule has 2 N–H and O–H groups in total. The fraction of sp³-hybridized carbons (Fsp3) is 0.381. The SMILES string of the molecule is COc1ccc(OC)c(NC(=O)c2cc(C(=O)NC3CCCCC3)ccn2)c1. The fourth-order valence-corrected chi connectivity index (χ4v) is 3.31. The number of aromatic nitrogens is 1. The third-order valence-corrected chi connectivity index (χ3v) is 4.85. The highest BCUT2D eigenvalue weighted by Crippen LogP contribution is 2.29. The molecule has 1 aromatic heterocycles. The first kappa shape index (κ1) is 19.7. The van der Waals surface area contributed by atoms with Crippen LogP contribution < -0.4 is 20.1 Å². The lowest BCUT2D eigenvalue weighted by Crippen LogP contribution is -2.36. The lowest BCUT2D eigenvalue weighted by Gasteiger charge is -2.22. The Hall–Kier alpha value is -3.09. The van der Waals surface area contributed by atoms with Crippen molar-refractivity contribution in [2.45, 2.75) is 38.1 Å². The predicted octanol–water partition coefficient (Wildman–Crippen LogP) is 3.41. The minimum absolute atomic E-state index is 0.154. The van der Waals surface area contributed by atoms with E-state index in [0.29, 0.717) is 22.7 Å². The average Bonchev–Trinajstić information content (AvgIpc) is 2.74. The second-order valence-electron chi connectivity index (χ2n) is 6.76. The Balaban J connectivity index is 1.72. The molecule has 3 rings (SSSR count). The normalized spacial score (nSPS) is 14.2. The molecule has 1 aromatic carbocycles. The number of nitrogens with one attached hydrogen (secondary N) is 2. The molecule has 28 heavy (non-hydrogen) atoms. The highest BCUT2D eigenvalue weighted by atomic mass is 16.5. The number of carbonyl (C=O) groups excluding carboxylic acids is 2. The Kier molecular flexibility index (Phi) is 6.47. The molecule has 1 aliphatic carbocycles. The number of anilines is 1. The molecule has 1 heterocycles. The summed E-state index contributed by atoms with van der Waals surface area (Å²) in [7, 11) is 3.06. The maximum Gasteiger partial charge on any atom is 0.274 e. The van der Waals surface area contributed by atoms with Gasteiger partial charge in [0.1, 0.15) is 17.2 Å².